The third kappa shape index (κ3) is 3.19. The Balaban J connectivity index is 1.89. The minimum atomic E-state index is -1.00. The van der Waals surface area contributed by atoms with Crippen LogP contribution in [-0.2, 0) is 0 Å². The molecule has 0 saturated heterocycles. The number of nitrogens with zero attached hydrogens (tertiary/aromatic N) is 1. The fourth-order valence-corrected chi connectivity index (χ4v) is 3.72. The molecule has 0 aliphatic carbocycles. The predicted molar refractivity (Wildman–Crippen MR) is 96.3 cm³/mol. The number of benzene rings is 1. The molecule has 0 saturated carbocycles. The second-order valence-corrected chi connectivity index (χ2v) is 6.66. The maximum Gasteiger partial charge on any atom is 0.355 e. The molecule has 0 aliphatic heterocycles. The molecule has 0 amide bonds. The van der Waals surface area contributed by atoms with Crippen molar-refractivity contribution in [3.8, 4) is 5.75 Å². The van der Waals surface area contributed by atoms with Crippen molar-refractivity contribution >= 4 is 32.4 Å². The first-order chi connectivity index (χ1) is 11.5. The van der Waals surface area contributed by atoms with Gasteiger partial charge in [0.05, 0.1) is 12.1 Å². The molecule has 2 heterocycles. The first kappa shape index (κ1) is 16.3. The number of hydrogen-bond acceptors (Lipinski definition) is 5. The Labute approximate surface area is 143 Å². The summed E-state index contributed by atoms with van der Waals surface area (Å²) in [5.41, 5.74) is 1.93. The Bertz CT molecular complexity index is 887. The van der Waals surface area contributed by atoms with Gasteiger partial charge in [-0.1, -0.05) is 12.1 Å². The first-order valence-electron chi connectivity index (χ1n) is 7.53. The third-order valence-electron chi connectivity index (χ3n) is 3.82. The summed E-state index contributed by atoms with van der Waals surface area (Å²) in [4.78, 5) is 15.5. The summed E-state index contributed by atoms with van der Waals surface area (Å²) in [5, 5.41) is 14.4. The number of rotatable bonds is 5. The van der Waals surface area contributed by atoms with Crippen LogP contribution in [0.1, 0.15) is 34.7 Å². The average Bonchev–Trinajstić information content (AvgIpc) is 2.95. The number of nitrogens with one attached hydrogen (secondary N) is 1. The molecular weight excluding hydrogens is 324 g/mol. The minimum Gasteiger partial charge on any atom is -0.497 e. The number of ether oxygens (including phenoxy) is 1. The molecule has 0 bridgehead atoms. The Morgan fingerprint density at radius 1 is 1.29 bits per heavy atom. The summed E-state index contributed by atoms with van der Waals surface area (Å²) in [6, 6.07) is 11.7. The van der Waals surface area contributed by atoms with Crippen LogP contribution in [0, 0.1) is 6.92 Å². The molecule has 0 unspecified atom stereocenters. The molecule has 3 aromatic rings. The lowest BCUT2D eigenvalue weighted by Gasteiger charge is -2.14. The molecule has 2 aromatic heterocycles. The third-order valence-corrected chi connectivity index (χ3v) is 4.83. The number of pyridine rings is 1. The van der Waals surface area contributed by atoms with Crippen LogP contribution in [0.15, 0.2) is 36.4 Å². The second kappa shape index (κ2) is 6.49. The Morgan fingerprint density at radius 2 is 2.00 bits per heavy atom. The molecule has 124 valence electrons. The van der Waals surface area contributed by atoms with Crippen molar-refractivity contribution in [2.45, 2.75) is 19.9 Å². The van der Waals surface area contributed by atoms with Crippen molar-refractivity contribution in [1.82, 2.24) is 4.98 Å². The number of aryl methyl sites for hydroxylation is 1. The van der Waals surface area contributed by atoms with Gasteiger partial charge in [-0.25, -0.2) is 9.78 Å². The van der Waals surface area contributed by atoms with Crippen LogP contribution < -0.4 is 10.1 Å². The van der Waals surface area contributed by atoms with E-state index in [0.29, 0.717) is 11.1 Å². The number of carbonyl (C=O) groups is 1. The average molecular weight is 342 g/mol. The Morgan fingerprint density at radius 3 is 2.62 bits per heavy atom. The lowest BCUT2D eigenvalue weighted by molar-refractivity contribution is 0.0692. The number of carboxylic acid groups (broad SMARTS) is 1. The number of carboxylic acids is 1. The SMILES string of the molecule is COc1ccc([C@H](C)Nc2cc3c(C(=O)O)nc(C)cc3s2)cc1. The smallest absolute Gasteiger partial charge is 0.355 e. The van der Waals surface area contributed by atoms with Gasteiger partial charge in [-0.05, 0) is 43.7 Å². The van der Waals surface area contributed by atoms with E-state index >= 15 is 0 Å². The number of fused-ring (bicyclic) bond motifs is 1. The molecule has 2 N–H and O–H groups in total. The number of aromatic nitrogens is 1. The highest BCUT2D eigenvalue weighted by molar-refractivity contribution is 7.22. The molecule has 5 nitrogen and oxygen atoms in total. The topological polar surface area (TPSA) is 71.5 Å². The van der Waals surface area contributed by atoms with E-state index in [4.69, 9.17) is 4.74 Å². The summed E-state index contributed by atoms with van der Waals surface area (Å²) in [6.45, 7) is 3.87. The maximum absolute atomic E-state index is 11.4. The molecule has 0 aliphatic rings. The van der Waals surface area contributed by atoms with Crippen LogP contribution >= 0.6 is 11.3 Å². The molecule has 1 atom stereocenters. The van der Waals surface area contributed by atoms with Gasteiger partial charge in [0.25, 0.3) is 0 Å². The molecule has 3 rings (SSSR count). The monoisotopic (exact) mass is 342 g/mol. The lowest BCUT2D eigenvalue weighted by atomic mass is 10.1. The zero-order valence-corrected chi connectivity index (χ0v) is 14.5. The fourth-order valence-electron chi connectivity index (χ4n) is 2.58. The van der Waals surface area contributed by atoms with Gasteiger partial charge in [0.1, 0.15) is 5.75 Å². The largest absolute Gasteiger partial charge is 0.497 e. The standard InChI is InChI=1S/C18H18N2O3S/c1-10-8-15-14(17(19-10)18(21)22)9-16(24-15)20-11(2)12-4-6-13(23-3)7-5-12/h4-9,11,20H,1-3H3,(H,21,22)/t11-/m0/s1. The van der Waals surface area contributed by atoms with Crippen LogP contribution in [0.2, 0.25) is 0 Å². The number of thiophene rings is 1. The van der Waals surface area contributed by atoms with E-state index in [0.717, 1.165) is 21.0 Å². The van der Waals surface area contributed by atoms with Crippen LogP contribution in [-0.4, -0.2) is 23.2 Å². The van der Waals surface area contributed by atoms with Gasteiger partial charge in [-0.2, -0.15) is 0 Å². The number of hydrogen-bond donors (Lipinski definition) is 2. The van der Waals surface area contributed by atoms with E-state index in [9.17, 15) is 9.90 Å². The van der Waals surface area contributed by atoms with E-state index in [1.807, 2.05) is 36.4 Å². The molecule has 0 radical (unpaired) electrons. The molecule has 6 heteroatoms. The lowest BCUT2D eigenvalue weighted by Crippen LogP contribution is -2.05. The highest BCUT2D eigenvalue weighted by Gasteiger charge is 2.15. The minimum absolute atomic E-state index is 0.0892. The summed E-state index contributed by atoms with van der Waals surface area (Å²) in [6.07, 6.45) is 0. The van der Waals surface area contributed by atoms with E-state index in [-0.39, 0.29) is 11.7 Å². The van der Waals surface area contributed by atoms with Gasteiger partial charge in [0.2, 0.25) is 0 Å². The van der Waals surface area contributed by atoms with Crippen molar-refractivity contribution < 1.29 is 14.6 Å². The number of aromatic carboxylic acids is 1. The van der Waals surface area contributed by atoms with Gasteiger partial charge < -0.3 is 15.2 Å². The summed E-state index contributed by atoms with van der Waals surface area (Å²) >= 11 is 1.53. The summed E-state index contributed by atoms with van der Waals surface area (Å²) in [7, 11) is 1.64. The van der Waals surface area contributed by atoms with Crippen LogP contribution in [0.4, 0.5) is 5.00 Å². The van der Waals surface area contributed by atoms with E-state index in [1.54, 1.807) is 14.0 Å². The van der Waals surface area contributed by atoms with Gasteiger partial charge in [0, 0.05) is 21.8 Å². The van der Waals surface area contributed by atoms with Gasteiger partial charge >= 0.3 is 5.97 Å². The van der Waals surface area contributed by atoms with Crippen molar-refractivity contribution in [3.63, 3.8) is 0 Å². The van der Waals surface area contributed by atoms with Gasteiger partial charge in [-0.3, -0.25) is 0 Å². The highest BCUT2D eigenvalue weighted by Crippen LogP contribution is 2.34. The van der Waals surface area contributed by atoms with Gasteiger partial charge in [0.15, 0.2) is 5.69 Å². The number of methoxy groups -OCH3 is 1. The zero-order chi connectivity index (χ0) is 17.3. The predicted octanol–water partition coefficient (Wildman–Crippen LogP) is 4.48. The quantitative estimate of drug-likeness (QED) is 0.715. The fraction of sp³-hybridized carbons (Fsp3) is 0.222. The normalized spacial score (nSPS) is 12.1. The zero-order valence-electron chi connectivity index (χ0n) is 13.7. The van der Waals surface area contributed by atoms with E-state index in [2.05, 4.69) is 17.2 Å². The van der Waals surface area contributed by atoms with Gasteiger partial charge in [-0.15, -0.1) is 11.3 Å². The van der Waals surface area contributed by atoms with E-state index < -0.39 is 5.97 Å². The second-order valence-electron chi connectivity index (χ2n) is 5.58. The van der Waals surface area contributed by atoms with Crippen molar-refractivity contribution in [2.75, 3.05) is 12.4 Å². The molecule has 1 aromatic carbocycles. The first-order valence-corrected chi connectivity index (χ1v) is 8.34. The van der Waals surface area contributed by atoms with Crippen LogP contribution in [0.5, 0.6) is 5.75 Å². The highest BCUT2D eigenvalue weighted by atomic mass is 32.1. The van der Waals surface area contributed by atoms with E-state index in [1.165, 1.54) is 11.3 Å². The molecule has 0 spiro atoms. The van der Waals surface area contributed by atoms with Crippen molar-refractivity contribution in [1.29, 1.82) is 0 Å². The molecule has 24 heavy (non-hydrogen) atoms. The summed E-state index contributed by atoms with van der Waals surface area (Å²) in [5.74, 6) is -0.184. The number of anilines is 1. The molecule has 0 fully saturated rings. The van der Waals surface area contributed by atoms with Crippen molar-refractivity contribution in [3.05, 3.63) is 53.3 Å². The van der Waals surface area contributed by atoms with Crippen LogP contribution in [0.25, 0.3) is 10.1 Å². The maximum atomic E-state index is 11.4. The Kier molecular flexibility index (Phi) is 4.40. The van der Waals surface area contributed by atoms with Crippen LogP contribution in [0.3, 0.4) is 0 Å². The molecular formula is C18H18N2O3S. The summed E-state index contributed by atoms with van der Waals surface area (Å²) < 4.78 is 6.09. The van der Waals surface area contributed by atoms with Crippen molar-refractivity contribution in [2.24, 2.45) is 0 Å². The Hall–Kier alpha value is -2.60.